The van der Waals surface area contributed by atoms with Crippen LogP contribution in [0.15, 0.2) is 47.4 Å². The van der Waals surface area contributed by atoms with Gasteiger partial charge < -0.3 is 15.8 Å². The maximum atomic E-state index is 12.7. The molecule has 0 aliphatic rings. The molecule has 0 aromatic heterocycles. The first-order valence-electron chi connectivity index (χ1n) is 7.68. The summed E-state index contributed by atoms with van der Waals surface area (Å²) in [4.78, 5) is 9.44. The van der Waals surface area contributed by atoms with Gasteiger partial charge in [-0.25, -0.2) is 4.79 Å². The van der Waals surface area contributed by atoms with Crippen molar-refractivity contribution >= 4 is 33.4 Å². The highest BCUT2D eigenvalue weighted by Crippen LogP contribution is 3.02. The normalized spacial score (nSPS) is 14.0. The molecule has 0 bridgehead atoms. The fourth-order valence-corrected chi connectivity index (χ4v) is 2.78. The second-order valence-electron chi connectivity index (χ2n) is 5.61. The van der Waals surface area contributed by atoms with Crippen molar-refractivity contribution in [1.29, 1.82) is 0 Å². The van der Waals surface area contributed by atoms with Gasteiger partial charge in [0.05, 0.1) is 18.0 Å². The van der Waals surface area contributed by atoms with Crippen molar-refractivity contribution in [2.45, 2.75) is 18.4 Å². The quantitative estimate of drug-likeness (QED) is 0.396. The molecular weight excluding hydrogens is 393 g/mol. The number of carbonyl (C=O) groups excluding carboxylic acids is 1. The monoisotopic (exact) mass is 411 g/mol. The Morgan fingerprint density at radius 3 is 2.22 bits per heavy atom. The Labute approximate surface area is 152 Å². The van der Waals surface area contributed by atoms with Crippen LogP contribution in [0, 0.1) is 0 Å². The summed E-state index contributed by atoms with van der Waals surface area (Å²) in [5, 5.41) is 5.35. The molecule has 27 heavy (non-hydrogen) atoms. The number of hydrogen-bond acceptors (Lipinski definition) is 4. The molecule has 0 heterocycles. The molecule has 0 aliphatic heterocycles. The molecule has 0 spiro atoms. The van der Waals surface area contributed by atoms with E-state index in [2.05, 4.69) is 10.6 Å². The number of ether oxygens (including phenoxy) is 1. The van der Waals surface area contributed by atoms with Crippen LogP contribution in [-0.2, 0) is 11.3 Å². The Morgan fingerprint density at radius 2 is 1.70 bits per heavy atom. The maximum Gasteiger partial charge on any atom is 0.411 e. The molecule has 0 radical (unpaired) electrons. The minimum absolute atomic E-state index is 0.0880. The van der Waals surface area contributed by atoms with Crippen LogP contribution in [0.4, 0.5) is 41.3 Å². The number of nitrogens with two attached hydrogens (primary N) is 1. The zero-order valence-electron chi connectivity index (χ0n) is 14.1. The zero-order chi connectivity index (χ0) is 20.4. The van der Waals surface area contributed by atoms with Crippen LogP contribution in [0.3, 0.4) is 0 Å². The van der Waals surface area contributed by atoms with Crippen molar-refractivity contribution in [3.05, 3.63) is 48.0 Å². The second-order valence-corrected chi connectivity index (χ2v) is 8.02. The van der Waals surface area contributed by atoms with Gasteiger partial charge in [-0.05, 0) is 42.8 Å². The summed E-state index contributed by atoms with van der Waals surface area (Å²) in [7, 11) is -9.66. The van der Waals surface area contributed by atoms with Gasteiger partial charge in [-0.2, -0.15) is 0 Å². The number of hydrogen-bond donors (Lipinski definition) is 3. The van der Waals surface area contributed by atoms with Gasteiger partial charge in [-0.3, -0.25) is 5.32 Å². The van der Waals surface area contributed by atoms with Crippen molar-refractivity contribution < 1.29 is 29.0 Å². The Hall–Kier alpha value is -2.69. The number of amides is 1. The van der Waals surface area contributed by atoms with Crippen molar-refractivity contribution in [1.82, 2.24) is 0 Å². The van der Waals surface area contributed by atoms with E-state index in [-0.39, 0.29) is 18.8 Å². The molecule has 0 atom stereocenters. The second kappa shape index (κ2) is 6.48. The van der Waals surface area contributed by atoms with E-state index in [0.29, 0.717) is 29.1 Å². The summed E-state index contributed by atoms with van der Waals surface area (Å²) >= 11 is 0. The number of nitrogen functional groups attached to an aromatic ring is 1. The molecule has 4 N–H and O–H groups in total. The van der Waals surface area contributed by atoms with Crippen LogP contribution < -0.4 is 16.4 Å². The van der Waals surface area contributed by atoms with Crippen LogP contribution in [0.1, 0.15) is 12.5 Å². The van der Waals surface area contributed by atoms with E-state index in [0.717, 1.165) is 12.1 Å². The lowest BCUT2D eigenvalue weighted by Gasteiger charge is -2.40. The van der Waals surface area contributed by atoms with Crippen LogP contribution >= 0.6 is 10.2 Å². The van der Waals surface area contributed by atoms with Gasteiger partial charge in [0.1, 0.15) is 4.90 Å². The maximum absolute atomic E-state index is 12.7. The van der Waals surface area contributed by atoms with E-state index in [1.807, 2.05) is 0 Å². The third-order valence-corrected chi connectivity index (χ3v) is 4.59. The molecule has 1 amide bonds. The Kier molecular flexibility index (Phi) is 4.95. The highest BCUT2D eigenvalue weighted by atomic mass is 32.5. The molecule has 2 aromatic carbocycles. The summed E-state index contributed by atoms with van der Waals surface area (Å²) in [5.74, 6) is 0. The number of halogens is 5. The predicted octanol–water partition coefficient (Wildman–Crippen LogP) is 6.11. The molecule has 0 saturated heterocycles. The first-order chi connectivity index (χ1) is 12.3. The van der Waals surface area contributed by atoms with Gasteiger partial charge in [0, 0.05) is 12.2 Å². The van der Waals surface area contributed by atoms with Gasteiger partial charge >= 0.3 is 16.3 Å². The summed E-state index contributed by atoms with van der Waals surface area (Å²) in [5.41, 5.74) is 7.28. The molecule has 0 fully saturated rings. The van der Waals surface area contributed by atoms with Crippen molar-refractivity contribution in [3.8, 4) is 0 Å². The molecule has 0 unspecified atom stereocenters. The van der Waals surface area contributed by atoms with E-state index in [1.165, 1.54) is 12.1 Å². The van der Waals surface area contributed by atoms with E-state index in [1.54, 1.807) is 13.0 Å². The van der Waals surface area contributed by atoms with Gasteiger partial charge in [-0.1, -0.05) is 31.6 Å². The summed E-state index contributed by atoms with van der Waals surface area (Å²) in [6.07, 6.45) is -0.658. The number of anilines is 3. The third kappa shape index (κ3) is 5.91. The summed E-state index contributed by atoms with van der Waals surface area (Å²) in [6.45, 7) is 1.94. The van der Waals surface area contributed by atoms with Crippen LogP contribution in [0.25, 0.3) is 0 Å². The Balaban J connectivity index is 2.03. The zero-order valence-corrected chi connectivity index (χ0v) is 15.0. The Bertz CT molecular complexity index is 842. The molecule has 0 saturated carbocycles. The highest BCUT2D eigenvalue weighted by molar-refractivity contribution is 8.45. The molecule has 0 aliphatic carbocycles. The fourth-order valence-electron chi connectivity index (χ4n) is 2.13. The van der Waals surface area contributed by atoms with Crippen molar-refractivity contribution in [2.24, 2.45) is 0 Å². The molecule has 150 valence electrons. The minimum Gasteiger partial charge on any atom is -0.450 e. The standard InChI is InChI=1S/C16H18F5N3O2S/c1-2-26-16(25)24-15-8-5-12(9-14(15)22)23-10-11-3-6-13(7-4-11)27(17,18,19,20)21/h3-9,23H,2,10,22H2,1H3,(H,24,25). The number of rotatable bonds is 6. The highest BCUT2D eigenvalue weighted by Gasteiger charge is 2.65. The van der Waals surface area contributed by atoms with Crippen LogP contribution in [0.5, 0.6) is 0 Å². The fraction of sp³-hybridized carbons (Fsp3) is 0.188. The topological polar surface area (TPSA) is 76.4 Å². The van der Waals surface area contributed by atoms with Crippen molar-refractivity contribution in [2.75, 3.05) is 23.0 Å². The third-order valence-electron chi connectivity index (χ3n) is 3.43. The summed E-state index contributed by atoms with van der Waals surface area (Å²) in [6, 6.07) is 7.27. The van der Waals surface area contributed by atoms with Gasteiger partial charge in [-0.15, -0.1) is 0 Å². The average Bonchev–Trinajstić information content (AvgIpc) is 2.54. The molecule has 5 nitrogen and oxygen atoms in total. The molecule has 11 heteroatoms. The van der Waals surface area contributed by atoms with E-state index in [4.69, 9.17) is 10.5 Å². The van der Waals surface area contributed by atoms with E-state index in [9.17, 15) is 24.2 Å². The molecule has 2 aromatic rings. The van der Waals surface area contributed by atoms with E-state index >= 15 is 0 Å². The smallest absolute Gasteiger partial charge is 0.411 e. The SMILES string of the molecule is CCOC(=O)Nc1ccc(NCc2ccc(S(F)(F)(F)(F)F)cc2)cc1N. The number of benzene rings is 2. The largest absolute Gasteiger partial charge is 0.450 e. The van der Waals surface area contributed by atoms with E-state index < -0.39 is 21.2 Å². The lowest BCUT2D eigenvalue weighted by Crippen LogP contribution is -2.14. The first kappa shape index (κ1) is 20.6. The van der Waals surface area contributed by atoms with Gasteiger partial charge in [0.15, 0.2) is 0 Å². The van der Waals surface area contributed by atoms with Crippen LogP contribution in [0.2, 0.25) is 0 Å². The number of nitrogens with one attached hydrogen (secondary N) is 2. The molecular formula is C16H18F5N3O2S. The van der Waals surface area contributed by atoms with Crippen LogP contribution in [-0.4, -0.2) is 12.7 Å². The first-order valence-corrected chi connectivity index (χ1v) is 9.64. The van der Waals surface area contributed by atoms with Crippen molar-refractivity contribution in [3.63, 3.8) is 0 Å². The minimum atomic E-state index is -9.66. The predicted molar refractivity (Wildman–Crippen MR) is 96.7 cm³/mol. The van der Waals surface area contributed by atoms with Gasteiger partial charge in [0.25, 0.3) is 0 Å². The Morgan fingerprint density at radius 1 is 1.07 bits per heavy atom. The average molecular weight is 411 g/mol. The summed E-state index contributed by atoms with van der Waals surface area (Å²) < 4.78 is 68.1. The lowest BCUT2D eigenvalue weighted by atomic mass is 10.2. The number of carbonyl (C=O) groups is 1. The van der Waals surface area contributed by atoms with Gasteiger partial charge in [0.2, 0.25) is 0 Å². The lowest BCUT2D eigenvalue weighted by molar-refractivity contribution is 0.168. The molecule has 2 rings (SSSR count).